The second-order valence-electron chi connectivity index (χ2n) is 11.8. The average Bonchev–Trinajstić information content (AvgIpc) is 3.57. The summed E-state index contributed by atoms with van der Waals surface area (Å²) in [7, 11) is 0. The van der Waals surface area contributed by atoms with Crippen LogP contribution in [0.5, 0.6) is 0 Å². The summed E-state index contributed by atoms with van der Waals surface area (Å²) in [6, 6.07) is 6.29. The number of rotatable bonds is 12. The SMILES string of the molecule is CCCN(CCC)CCCN1C(=O)[C@@H]2C(C(=O)Nc3cccc(Cl)c3)[C@@H]3C=CC2(O3)C1C(=O)NC1CCCCC1. The Kier molecular flexibility index (Phi) is 9.18. The van der Waals surface area contributed by atoms with Gasteiger partial charge in [-0.15, -0.1) is 0 Å². The maximum atomic E-state index is 14.1. The van der Waals surface area contributed by atoms with E-state index in [1.165, 1.54) is 6.42 Å². The van der Waals surface area contributed by atoms with Crippen LogP contribution in [-0.4, -0.2) is 77.5 Å². The van der Waals surface area contributed by atoms with Crippen LogP contribution in [-0.2, 0) is 19.1 Å². The molecular weight excluding hydrogens is 528 g/mol. The molecular formula is C31H43ClN4O4. The Labute approximate surface area is 242 Å². The third-order valence-electron chi connectivity index (χ3n) is 8.92. The molecule has 4 aliphatic rings. The number of carbonyl (C=O) groups excluding carboxylic acids is 3. The number of nitrogens with one attached hydrogen (secondary N) is 2. The topological polar surface area (TPSA) is 91.0 Å². The van der Waals surface area contributed by atoms with Crippen LogP contribution in [0.2, 0.25) is 5.02 Å². The minimum Gasteiger partial charge on any atom is -0.359 e. The first-order valence-corrected chi connectivity index (χ1v) is 15.5. The Hall–Kier alpha value is -2.42. The molecule has 3 aliphatic heterocycles. The fourth-order valence-electron chi connectivity index (χ4n) is 7.26. The van der Waals surface area contributed by atoms with Gasteiger partial charge in [0.1, 0.15) is 11.6 Å². The number of likely N-dealkylation sites (tertiary alicyclic amines) is 1. The van der Waals surface area contributed by atoms with E-state index in [1.54, 1.807) is 29.2 Å². The van der Waals surface area contributed by atoms with Crippen LogP contribution in [0.1, 0.15) is 65.2 Å². The van der Waals surface area contributed by atoms with Crippen molar-refractivity contribution in [3.8, 4) is 0 Å². The van der Waals surface area contributed by atoms with Gasteiger partial charge < -0.3 is 25.2 Å². The molecule has 1 aromatic carbocycles. The minimum atomic E-state index is -1.14. The quantitative estimate of drug-likeness (QED) is 0.364. The summed E-state index contributed by atoms with van der Waals surface area (Å²) >= 11 is 6.13. The lowest BCUT2D eigenvalue weighted by Gasteiger charge is -2.34. The molecule has 2 saturated heterocycles. The normalized spacial score (nSPS) is 29.3. The fourth-order valence-corrected chi connectivity index (χ4v) is 7.45. The first-order valence-electron chi connectivity index (χ1n) is 15.1. The molecule has 2 bridgehead atoms. The fraction of sp³-hybridized carbons (Fsp3) is 0.645. The van der Waals surface area contributed by atoms with Gasteiger partial charge >= 0.3 is 0 Å². The Balaban J connectivity index is 1.38. The van der Waals surface area contributed by atoms with Gasteiger partial charge in [-0.25, -0.2) is 0 Å². The van der Waals surface area contributed by atoms with E-state index < -0.39 is 29.6 Å². The number of amides is 3. The summed E-state index contributed by atoms with van der Waals surface area (Å²) in [4.78, 5) is 45.8. The van der Waals surface area contributed by atoms with Crippen molar-refractivity contribution in [1.29, 1.82) is 0 Å². The zero-order valence-electron chi connectivity index (χ0n) is 23.7. The molecule has 218 valence electrons. The molecule has 40 heavy (non-hydrogen) atoms. The summed E-state index contributed by atoms with van der Waals surface area (Å²) < 4.78 is 6.48. The van der Waals surface area contributed by atoms with E-state index in [1.807, 2.05) is 12.2 Å². The predicted molar refractivity (Wildman–Crippen MR) is 156 cm³/mol. The van der Waals surface area contributed by atoms with Crippen molar-refractivity contribution in [1.82, 2.24) is 15.1 Å². The summed E-state index contributed by atoms with van der Waals surface area (Å²) in [5.41, 5.74) is -0.567. The van der Waals surface area contributed by atoms with Crippen molar-refractivity contribution in [2.75, 3.05) is 31.5 Å². The standard InChI is InChI=1S/C31H43ClN4O4/c1-3-16-35(17-4-2)18-9-19-36-27(29(38)33-22-11-6-5-7-12-22)31-15-14-24(40-31)25(26(31)30(36)39)28(37)34-23-13-8-10-21(32)20-23/h8,10,13-15,20,22,24-27H,3-7,9,11-12,16-19H2,1-2H3,(H,33,38)(H,34,37)/t24-,25?,26-,27?,31?/m0/s1. The van der Waals surface area contributed by atoms with Crippen molar-refractivity contribution in [3.05, 3.63) is 41.4 Å². The van der Waals surface area contributed by atoms with Gasteiger partial charge in [0.15, 0.2) is 0 Å². The number of ether oxygens (including phenoxy) is 1. The van der Waals surface area contributed by atoms with Crippen LogP contribution < -0.4 is 10.6 Å². The van der Waals surface area contributed by atoms with Crippen molar-refractivity contribution < 1.29 is 19.1 Å². The van der Waals surface area contributed by atoms with Crippen LogP contribution in [0.25, 0.3) is 0 Å². The Morgan fingerprint density at radius 2 is 1.85 bits per heavy atom. The Bertz CT molecular complexity index is 1120. The number of hydrogen-bond acceptors (Lipinski definition) is 5. The van der Waals surface area contributed by atoms with Crippen molar-refractivity contribution in [3.63, 3.8) is 0 Å². The summed E-state index contributed by atoms with van der Waals surface area (Å²) in [6.45, 7) is 7.69. The first kappa shape index (κ1) is 29.1. The summed E-state index contributed by atoms with van der Waals surface area (Å²) in [6.07, 6.45) is 11.4. The van der Waals surface area contributed by atoms with E-state index >= 15 is 0 Å². The molecule has 3 amide bonds. The van der Waals surface area contributed by atoms with Crippen molar-refractivity contribution in [2.45, 2.75) is 89.0 Å². The lowest BCUT2D eigenvalue weighted by molar-refractivity contribution is -0.141. The molecule has 5 atom stereocenters. The number of halogens is 1. The number of nitrogens with zero attached hydrogens (tertiary/aromatic N) is 2. The van der Waals surface area contributed by atoms with Crippen LogP contribution in [0.15, 0.2) is 36.4 Å². The Morgan fingerprint density at radius 1 is 1.10 bits per heavy atom. The van der Waals surface area contributed by atoms with Gasteiger partial charge in [0.05, 0.1) is 17.9 Å². The lowest BCUT2D eigenvalue weighted by Crippen LogP contribution is -2.56. The van der Waals surface area contributed by atoms with Crippen LogP contribution >= 0.6 is 11.6 Å². The molecule has 8 nitrogen and oxygen atoms in total. The summed E-state index contributed by atoms with van der Waals surface area (Å²) in [5, 5.41) is 6.71. The van der Waals surface area contributed by atoms with Gasteiger partial charge in [-0.05, 0) is 69.9 Å². The van der Waals surface area contributed by atoms with Gasteiger partial charge in [0.2, 0.25) is 17.7 Å². The van der Waals surface area contributed by atoms with Gasteiger partial charge in [-0.3, -0.25) is 14.4 Å². The predicted octanol–water partition coefficient (Wildman–Crippen LogP) is 4.39. The highest BCUT2D eigenvalue weighted by Crippen LogP contribution is 2.55. The average molecular weight is 571 g/mol. The van der Waals surface area contributed by atoms with E-state index in [0.29, 0.717) is 17.3 Å². The highest BCUT2D eigenvalue weighted by molar-refractivity contribution is 6.30. The van der Waals surface area contributed by atoms with Crippen molar-refractivity contribution >= 4 is 35.0 Å². The number of benzene rings is 1. The molecule has 0 radical (unpaired) electrons. The molecule has 1 aliphatic carbocycles. The highest BCUT2D eigenvalue weighted by Gasteiger charge is 2.72. The maximum absolute atomic E-state index is 14.1. The Morgan fingerprint density at radius 3 is 2.55 bits per heavy atom. The van der Waals surface area contributed by atoms with Crippen molar-refractivity contribution in [2.24, 2.45) is 11.8 Å². The van der Waals surface area contributed by atoms with E-state index in [-0.39, 0.29) is 23.8 Å². The molecule has 3 heterocycles. The lowest BCUT2D eigenvalue weighted by atomic mass is 9.74. The second-order valence-corrected chi connectivity index (χ2v) is 12.2. The zero-order chi connectivity index (χ0) is 28.3. The maximum Gasteiger partial charge on any atom is 0.246 e. The van der Waals surface area contributed by atoms with Crippen LogP contribution in [0, 0.1) is 11.8 Å². The molecule has 1 aromatic rings. The number of hydrogen-bond donors (Lipinski definition) is 2. The van der Waals surface area contributed by atoms with E-state index in [9.17, 15) is 14.4 Å². The molecule has 1 spiro atoms. The van der Waals surface area contributed by atoms with Gasteiger partial charge in [0, 0.05) is 23.3 Å². The highest BCUT2D eigenvalue weighted by atomic mass is 35.5. The number of fused-ring (bicyclic) bond motifs is 1. The molecule has 2 N–H and O–H groups in total. The largest absolute Gasteiger partial charge is 0.359 e. The molecule has 1 saturated carbocycles. The molecule has 3 unspecified atom stereocenters. The number of carbonyl (C=O) groups is 3. The van der Waals surface area contributed by atoms with E-state index in [2.05, 4.69) is 29.4 Å². The molecule has 9 heteroatoms. The monoisotopic (exact) mass is 570 g/mol. The molecule has 5 rings (SSSR count). The smallest absolute Gasteiger partial charge is 0.246 e. The van der Waals surface area contributed by atoms with Gasteiger partial charge in [-0.2, -0.15) is 0 Å². The molecule has 0 aromatic heterocycles. The number of anilines is 1. The minimum absolute atomic E-state index is 0.114. The first-order chi connectivity index (χ1) is 19.4. The van der Waals surface area contributed by atoms with E-state index in [0.717, 1.165) is 64.6 Å². The molecule has 3 fully saturated rings. The third-order valence-corrected chi connectivity index (χ3v) is 9.16. The van der Waals surface area contributed by atoms with Gasteiger partial charge in [0.25, 0.3) is 0 Å². The third kappa shape index (κ3) is 5.68. The summed E-state index contributed by atoms with van der Waals surface area (Å²) in [5.74, 6) is -2.08. The van der Waals surface area contributed by atoms with E-state index in [4.69, 9.17) is 16.3 Å². The van der Waals surface area contributed by atoms with Gasteiger partial charge in [-0.1, -0.05) is 62.9 Å². The zero-order valence-corrected chi connectivity index (χ0v) is 24.5. The van der Waals surface area contributed by atoms with Crippen LogP contribution in [0.3, 0.4) is 0 Å². The van der Waals surface area contributed by atoms with Crippen LogP contribution in [0.4, 0.5) is 5.69 Å². The second kappa shape index (κ2) is 12.6.